The van der Waals surface area contributed by atoms with Crippen molar-refractivity contribution in [3.63, 3.8) is 0 Å². The monoisotopic (exact) mass is 296 g/mol. The van der Waals surface area contributed by atoms with Crippen LogP contribution in [0.15, 0.2) is 42.5 Å². The van der Waals surface area contributed by atoms with Crippen LogP contribution < -0.4 is 10.6 Å². The molecule has 2 unspecified atom stereocenters. The number of fused-ring (bicyclic) bond motifs is 1. The van der Waals surface area contributed by atoms with Gasteiger partial charge in [-0.1, -0.05) is 42.5 Å². The van der Waals surface area contributed by atoms with Crippen molar-refractivity contribution < 1.29 is 4.79 Å². The molecule has 0 aliphatic carbocycles. The third kappa shape index (κ3) is 2.86. The summed E-state index contributed by atoms with van der Waals surface area (Å²) in [5.41, 5.74) is 0.885. The number of amides is 1. The molecular weight excluding hydrogens is 272 g/mol. The Kier molecular flexibility index (Phi) is 4.16. The predicted octanol–water partition coefficient (Wildman–Crippen LogP) is 3.41. The molecule has 22 heavy (non-hydrogen) atoms. The Labute approximate surface area is 132 Å². The molecule has 1 aliphatic heterocycles. The zero-order valence-corrected chi connectivity index (χ0v) is 13.4. The first-order valence-corrected chi connectivity index (χ1v) is 8.09. The Hall–Kier alpha value is -1.87. The molecule has 1 fully saturated rings. The van der Waals surface area contributed by atoms with Gasteiger partial charge in [-0.15, -0.1) is 0 Å². The Bertz CT molecular complexity index is 669. The van der Waals surface area contributed by atoms with Crippen LogP contribution >= 0.6 is 0 Å². The fraction of sp³-hybridized carbons (Fsp3) is 0.421. The van der Waals surface area contributed by atoms with E-state index in [4.69, 9.17) is 0 Å². The first-order chi connectivity index (χ1) is 10.6. The fourth-order valence-electron chi connectivity index (χ4n) is 3.33. The van der Waals surface area contributed by atoms with Crippen LogP contribution in [0.1, 0.15) is 38.3 Å². The Balaban J connectivity index is 1.81. The summed E-state index contributed by atoms with van der Waals surface area (Å²) in [7, 11) is 0. The summed E-state index contributed by atoms with van der Waals surface area (Å²) < 4.78 is 0. The number of hydrogen-bond acceptors (Lipinski definition) is 2. The van der Waals surface area contributed by atoms with E-state index in [0.717, 1.165) is 25.9 Å². The van der Waals surface area contributed by atoms with Gasteiger partial charge in [-0.25, -0.2) is 0 Å². The maximum Gasteiger partial charge on any atom is 0.227 e. The standard InChI is InChI=1S/C19H24N2O/c1-14(21-18(22)19(2)11-6-12-20-13-19)16-10-5-8-15-7-3-4-9-17(15)16/h3-5,7-10,14,20H,6,11-13H2,1-2H3,(H,21,22). The van der Waals surface area contributed by atoms with E-state index in [9.17, 15) is 4.79 Å². The summed E-state index contributed by atoms with van der Waals surface area (Å²) in [4.78, 5) is 12.7. The van der Waals surface area contributed by atoms with Crippen molar-refractivity contribution in [3.05, 3.63) is 48.0 Å². The molecule has 1 amide bonds. The summed E-state index contributed by atoms with van der Waals surface area (Å²) in [5, 5.41) is 8.98. The third-order valence-electron chi connectivity index (χ3n) is 4.78. The van der Waals surface area contributed by atoms with Crippen molar-refractivity contribution >= 4 is 16.7 Å². The Morgan fingerprint density at radius 3 is 2.77 bits per heavy atom. The maximum atomic E-state index is 12.7. The molecule has 116 valence electrons. The van der Waals surface area contributed by atoms with E-state index in [-0.39, 0.29) is 17.4 Å². The van der Waals surface area contributed by atoms with Gasteiger partial charge in [-0.2, -0.15) is 0 Å². The number of hydrogen-bond donors (Lipinski definition) is 2. The van der Waals surface area contributed by atoms with Gasteiger partial charge >= 0.3 is 0 Å². The van der Waals surface area contributed by atoms with Crippen LogP contribution in [0.4, 0.5) is 0 Å². The minimum atomic E-state index is -0.295. The lowest BCUT2D eigenvalue weighted by atomic mass is 9.81. The van der Waals surface area contributed by atoms with E-state index in [1.165, 1.54) is 16.3 Å². The summed E-state index contributed by atoms with van der Waals surface area (Å²) in [5.74, 6) is 0.153. The third-order valence-corrected chi connectivity index (χ3v) is 4.78. The van der Waals surface area contributed by atoms with Crippen LogP contribution in [0.25, 0.3) is 10.8 Å². The molecule has 0 aromatic heterocycles. The van der Waals surface area contributed by atoms with E-state index < -0.39 is 0 Å². The van der Waals surface area contributed by atoms with Gasteiger partial charge in [0.1, 0.15) is 0 Å². The van der Waals surface area contributed by atoms with Crippen LogP contribution in [0.2, 0.25) is 0 Å². The molecular formula is C19H24N2O. The molecule has 1 saturated heterocycles. The molecule has 3 rings (SSSR count). The lowest BCUT2D eigenvalue weighted by Crippen LogP contribution is -2.49. The van der Waals surface area contributed by atoms with Gasteiger partial charge in [0.2, 0.25) is 5.91 Å². The number of nitrogens with one attached hydrogen (secondary N) is 2. The molecule has 0 radical (unpaired) electrons. The fourth-order valence-corrected chi connectivity index (χ4v) is 3.33. The van der Waals surface area contributed by atoms with E-state index in [2.05, 4.69) is 54.8 Å². The molecule has 0 saturated carbocycles. The predicted molar refractivity (Wildman–Crippen MR) is 90.7 cm³/mol. The van der Waals surface area contributed by atoms with Crippen LogP contribution in [-0.4, -0.2) is 19.0 Å². The second kappa shape index (κ2) is 6.09. The minimum Gasteiger partial charge on any atom is -0.349 e. The largest absolute Gasteiger partial charge is 0.349 e. The number of benzene rings is 2. The van der Waals surface area contributed by atoms with Gasteiger partial charge in [0, 0.05) is 6.54 Å². The van der Waals surface area contributed by atoms with Crippen molar-refractivity contribution in [1.82, 2.24) is 10.6 Å². The van der Waals surface area contributed by atoms with Crippen molar-refractivity contribution in [1.29, 1.82) is 0 Å². The SMILES string of the molecule is CC(NC(=O)C1(C)CCCNC1)c1cccc2ccccc12. The topological polar surface area (TPSA) is 41.1 Å². The average Bonchev–Trinajstić information content (AvgIpc) is 2.55. The van der Waals surface area contributed by atoms with Crippen molar-refractivity contribution in [2.45, 2.75) is 32.7 Å². The van der Waals surface area contributed by atoms with Crippen molar-refractivity contribution in [2.75, 3.05) is 13.1 Å². The lowest BCUT2D eigenvalue weighted by Gasteiger charge is -2.34. The van der Waals surface area contributed by atoms with E-state index in [1.807, 2.05) is 12.1 Å². The number of carbonyl (C=O) groups is 1. The molecule has 2 atom stereocenters. The molecule has 2 N–H and O–H groups in total. The quantitative estimate of drug-likeness (QED) is 0.911. The highest BCUT2D eigenvalue weighted by Gasteiger charge is 2.35. The van der Waals surface area contributed by atoms with E-state index >= 15 is 0 Å². The number of carbonyl (C=O) groups excluding carboxylic acids is 1. The first-order valence-electron chi connectivity index (χ1n) is 8.09. The average molecular weight is 296 g/mol. The first kappa shape index (κ1) is 15.0. The number of piperidine rings is 1. The number of rotatable bonds is 3. The van der Waals surface area contributed by atoms with Crippen molar-refractivity contribution in [3.8, 4) is 0 Å². The van der Waals surface area contributed by atoms with Crippen LogP contribution in [-0.2, 0) is 4.79 Å². The van der Waals surface area contributed by atoms with Crippen LogP contribution in [0.3, 0.4) is 0 Å². The van der Waals surface area contributed by atoms with Crippen molar-refractivity contribution in [2.24, 2.45) is 5.41 Å². The zero-order chi connectivity index (χ0) is 15.6. The summed E-state index contributed by atoms with van der Waals surface area (Å²) >= 11 is 0. The van der Waals surface area contributed by atoms with Gasteiger partial charge in [0.25, 0.3) is 0 Å². The normalized spacial score (nSPS) is 23.2. The molecule has 1 heterocycles. The Morgan fingerprint density at radius 2 is 2.00 bits per heavy atom. The summed E-state index contributed by atoms with van der Waals surface area (Å²) in [6.45, 7) is 5.91. The van der Waals surface area contributed by atoms with E-state index in [1.54, 1.807) is 0 Å². The molecule has 0 spiro atoms. The van der Waals surface area contributed by atoms with Gasteiger partial charge in [0.15, 0.2) is 0 Å². The van der Waals surface area contributed by atoms with Crippen LogP contribution in [0, 0.1) is 5.41 Å². The Morgan fingerprint density at radius 1 is 1.23 bits per heavy atom. The second-order valence-electron chi connectivity index (χ2n) is 6.60. The summed E-state index contributed by atoms with van der Waals surface area (Å²) in [6.07, 6.45) is 2.01. The minimum absolute atomic E-state index is 0.0114. The molecule has 3 heteroatoms. The zero-order valence-electron chi connectivity index (χ0n) is 13.4. The highest BCUT2D eigenvalue weighted by molar-refractivity contribution is 5.87. The van der Waals surface area contributed by atoms with Gasteiger partial charge in [0.05, 0.1) is 11.5 Å². The molecule has 1 aliphatic rings. The van der Waals surface area contributed by atoms with Gasteiger partial charge in [-0.05, 0) is 49.6 Å². The van der Waals surface area contributed by atoms with Gasteiger partial charge < -0.3 is 10.6 Å². The molecule has 2 aromatic rings. The van der Waals surface area contributed by atoms with E-state index in [0.29, 0.717) is 0 Å². The summed E-state index contributed by atoms with van der Waals surface area (Å²) in [6, 6.07) is 14.6. The highest BCUT2D eigenvalue weighted by atomic mass is 16.2. The molecule has 3 nitrogen and oxygen atoms in total. The van der Waals surface area contributed by atoms with Gasteiger partial charge in [-0.3, -0.25) is 4.79 Å². The lowest BCUT2D eigenvalue weighted by molar-refractivity contribution is -0.131. The highest BCUT2D eigenvalue weighted by Crippen LogP contribution is 2.28. The molecule has 2 aromatic carbocycles. The maximum absolute atomic E-state index is 12.7. The smallest absolute Gasteiger partial charge is 0.227 e. The molecule has 0 bridgehead atoms. The van der Waals surface area contributed by atoms with Crippen LogP contribution in [0.5, 0.6) is 0 Å². The second-order valence-corrected chi connectivity index (χ2v) is 6.60.